The molecule has 1 fully saturated rings. The number of piperazine rings is 1. The molecule has 1 aromatic carbocycles. The van der Waals surface area contributed by atoms with E-state index in [4.69, 9.17) is 4.42 Å². The first-order chi connectivity index (χ1) is 11.0. The number of hydrogen-bond acceptors (Lipinski definition) is 6. The predicted molar refractivity (Wildman–Crippen MR) is 84.2 cm³/mol. The van der Waals surface area contributed by atoms with Crippen molar-refractivity contribution in [2.45, 2.75) is 25.3 Å². The van der Waals surface area contributed by atoms with E-state index in [9.17, 15) is 8.42 Å². The molecular formula is C15H20N4O3S. The fourth-order valence-corrected chi connectivity index (χ4v) is 4.35. The number of rotatable bonds is 4. The second-order valence-electron chi connectivity index (χ2n) is 5.66. The van der Waals surface area contributed by atoms with Crippen molar-refractivity contribution in [1.29, 1.82) is 0 Å². The topological polar surface area (TPSA) is 79.5 Å². The molecule has 0 radical (unpaired) electrons. The second kappa shape index (κ2) is 6.38. The maximum absolute atomic E-state index is 12.7. The molecule has 1 aliphatic heterocycles. The first kappa shape index (κ1) is 16.1. The van der Waals surface area contributed by atoms with Crippen LogP contribution in [0.2, 0.25) is 0 Å². The van der Waals surface area contributed by atoms with Crippen molar-refractivity contribution in [2.24, 2.45) is 0 Å². The summed E-state index contributed by atoms with van der Waals surface area (Å²) in [5, 5.41) is 7.78. The molecule has 1 aliphatic rings. The lowest BCUT2D eigenvalue weighted by atomic mass is 10.2. The highest BCUT2D eigenvalue weighted by Crippen LogP contribution is 2.21. The quantitative estimate of drug-likeness (QED) is 0.834. The van der Waals surface area contributed by atoms with Crippen molar-refractivity contribution in [3.8, 4) is 0 Å². The van der Waals surface area contributed by atoms with Gasteiger partial charge in [-0.15, -0.1) is 10.2 Å². The predicted octanol–water partition coefficient (Wildman–Crippen LogP) is 1.19. The number of aromatic nitrogens is 2. The zero-order valence-electron chi connectivity index (χ0n) is 13.3. The SMILES string of the molecule is Cc1nnc(CN2CCN(S(=O)(=O)c3ccccc3C)CC2)o1. The van der Waals surface area contributed by atoms with Crippen LogP contribution in [-0.4, -0.2) is 54.0 Å². The lowest BCUT2D eigenvalue weighted by molar-refractivity contribution is 0.167. The van der Waals surface area contributed by atoms with Crippen LogP contribution >= 0.6 is 0 Å². The van der Waals surface area contributed by atoms with Crippen LogP contribution in [0.1, 0.15) is 17.3 Å². The van der Waals surface area contributed by atoms with Crippen LogP contribution in [0.3, 0.4) is 0 Å². The Bertz CT molecular complexity index is 780. The summed E-state index contributed by atoms with van der Waals surface area (Å²) in [6.45, 7) is 6.34. The fraction of sp³-hybridized carbons (Fsp3) is 0.467. The van der Waals surface area contributed by atoms with Gasteiger partial charge in [-0.1, -0.05) is 18.2 Å². The zero-order chi connectivity index (χ0) is 16.4. The second-order valence-corrected chi connectivity index (χ2v) is 7.57. The number of benzene rings is 1. The molecule has 1 aromatic heterocycles. The average Bonchev–Trinajstić information content (AvgIpc) is 2.93. The van der Waals surface area contributed by atoms with E-state index in [1.807, 2.05) is 19.1 Å². The number of aryl methyl sites for hydroxylation is 2. The molecule has 1 saturated heterocycles. The van der Waals surface area contributed by atoms with Crippen molar-refractivity contribution < 1.29 is 12.8 Å². The molecular weight excluding hydrogens is 316 g/mol. The first-order valence-electron chi connectivity index (χ1n) is 7.54. The van der Waals surface area contributed by atoms with E-state index in [1.54, 1.807) is 23.4 Å². The minimum absolute atomic E-state index is 0.390. The Labute approximate surface area is 136 Å². The summed E-state index contributed by atoms with van der Waals surface area (Å²) < 4.78 is 32.4. The lowest BCUT2D eigenvalue weighted by Gasteiger charge is -2.33. The summed E-state index contributed by atoms with van der Waals surface area (Å²) >= 11 is 0. The highest BCUT2D eigenvalue weighted by molar-refractivity contribution is 7.89. The Morgan fingerprint density at radius 3 is 2.39 bits per heavy atom. The molecule has 3 rings (SSSR count). The third kappa shape index (κ3) is 3.44. The molecule has 0 N–H and O–H groups in total. The molecule has 0 spiro atoms. The Morgan fingerprint density at radius 1 is 1.09 bits per heavy atom. The van der Waals surface area contributed by atoms with Crippen molar-refractivity contribution in [2.75, 3.05) is 26.2 Å². The molecule has 2 aromatic rings. The highest BCUT2D eigenvalue weighted by Gasteiger charge is 2.29. The van der Waals surface area contributed by atoms with E-state index in [1.165, 1.54) is 0 Å². The lowest BCUT2D eigenvalue weighted by Crippen LogP contribution is -2.48. The Morgan fingerprint density at radius 2 is 1.78 bits per heavy atom. The Hall–Kier alpha value is -1.77. The molecule has 0 amide bonds. The highest BCUT2D eigenvalue weighted by atomic mass is 32.2. The van der Waals surface area contributed by atoms with E-state index < -0.39 is 10.0 Å². The zero-order valence-corrected chi connectivity index (χ0v) is 14.1. The summed E-state index contributed by atoms with van der Waals surface area (Å²) in [5.41, 5.74) is 0.774. The van der Waals surface area contributed by atoms with Crippen LogP contribution in [0.25, 0.3) is 0 Å². The standard InChI is InChI=1S/C15H20N4O3S/c1-12-5-3-4-6-14(12)23(20,21)19-9-7-18(8-10-19)11-15-17-16-13(2)22-15/h3-6H,7-11H2,1-2H3. The van der Waals surface area contributed by atoms with Gasteiger partial charge in [0.2, 0.25) is 21.8 Å². The van der Waals surface area contributed by atoms with E-state index in [-0.39, 0.29) is 0 Å². The van der Waals surface area contributed by atoms with Crippen LogP contribution in [0, 0.1) is 13.8 Å². The first-order valence-corrected chi connectivity index (χ1v) is 8.98. The normalized spacial score (nSPS) is 17.5. The van der Waals surface area contributed by atoms with Gasteiger partial charge >= 0.3 is 0 Å². The van der Waals surface area contributed by atoms with E-state index >= 15 is 0 Å². The molecule has 124 valence electrons. The van der Waals surface area contributed by atoms with Crippen LogP contribution < -0.4 is 0 Å². The third-order valence-corrected chi connectivity index (χ3v) is 6.03. The van der Waals surface area contributed by atoms with Gasteiger partial charge in [-0.3, -0.25) is 4.90 Å². The number of hydrogen-bond donors (Lipinski definition) is 0. The minimum Gasteiger partial charge on any atom is -0.424 e. The van der Waals surface area contributed by atoms with Crippen LogP contribution in [0.15, 0.2) is 33.6 Å². The van der Waals surface area contributed by atoms with Crippen molar-refractivity contribution in [3.05, 3.63) is 41.6 Å². The Balaban J connectivity index is 1.65. The minimum atomic E-state index is -3.43. The van der Waals surface area contributed by atoms with Crippen LogP contribution in [0.5, 0.6) is 0 Å². The van der Waals surface area contributed by atoms with E-state index in [0.29, 0.717) is 49.4 Å². The maximum Gasteiger partial charge on any atom is 0.243 e. The largest absolute Gasteiger partial charge is 0.424 e. The summed E-state index contributed by atoms with van der Waals surface area (Å²) in [7, 11) is -3.43. The van der Waals surface area contributed by atoms with Gasteiger partial charge < -0.3 is 4.42 Å². The summed E-state index contributed by atoms with van der Waals surface area (Å²) in [5.74, 6) is 1.11. The summed E-state index contributed by atoms with van der Waals surface area (Å²) in [4.78, 5) is 2.51. The molecule has 8 heteroatoms. The van der Waals surface area contributed by atoms with Gasteiger partial charge in [0.1, 0.15) is 0 Å². The van der Waals surface area contributed by atoms with Gasteiger partial charge in [-0.25, -0.2) is 8.42 Å². The van der Waals surface area contributed by atoms with Gasteiger partial charge in [0, 0.05) is 33.1 Å². The number of sulfonamides is 1. The van der Waals surface area contributed by atoms with Crippen LogP contribution in [0.4, 0.5) is 0 Å². The van der Waals surface area contributed by atoms with Crippen molar-refractivity contribution in [3.63, 3.8) is 0 Å². The summed E-state index contributed by atoms with van der Waals surface area (Å²) in [6, 6.07) is 7.09. The van der Waals surface area contributed by atoms with E-state index in [0.717, 1.165) is 5.56 Å². The monoisotopic (exact) mass is 336 g/mol. The Kier molecular flexibility index (Phi) is 4.47. The molecule has 7 nitrogen and oxygen atoms in total. The molecule has 0 aliphatic carbocycles. The smallest absolute Gasteiger partial charge is 0.243 e. The fourth-order valence-electron chi connectivity index (χ4n) is 2.71. The van der Waals surface area contributed by atoms with Crippen molar-refractivity contribution >= 4 is 10.0 Å². The van der Waals surface area contributed by atoms with Crippen LogP contribution in [-0.2, 0) is 16.6 Å². The molecule has 0 saturated carbocycles. The van der Waals surface area contributed by atoms with E-state index in [2.05, 4.69) is 15.1 Å². The van der Waals surface area contributed by atoms with Gasteiger partial charge in [0.25, 0.3) is 0 Å². The number of nitrogens with zero attached hydrogens (tertiary/aromatic N) is 4. The summed E-state index contributed by atoms with van der Waals surface area (Å²) in [6.07, 6.45) is 0. The average molecular weight is 336 g/mol. The van der Waals surface area contributed by atoms with Gasteiger partial charge in [0.05, 0.1) is 11.4 Å². The molecule has 0 bridgehead atoms. The maximum atomic E-state index is 12.7. The van der Waals surface area contributed by atoms with Gasteiger partial charge in [-0.05, 0) is 18.6 Å². The molecule has 2 heterocycles. The molecule has 23 heavy (non-hydrogen) atoms. The van der Waals surface area contributed by atoms with Gasteiger partial charge in [0.15, 0.2) is 0 Å². The third-order valence-electron chi connectivity index (χ3n) is 3.97. The van der Waals surface area contributed by atoms with Crippen molar-refractivity contribution in [1.82, 2.24) is 19.4 Å². The van der Waals surface area contributed by atoms with Gasteiger partial charge in [-0.2, -0.15) is 4.31 Å². The molecule has 0 unspecified atom stereocenters. The molecule has 0 atom stereocenters.